The van der Waals surface area contributed by atoms with Gasteiger partial charge in [0.2, 0.25) is 11.8 Å². The second-order valence-electron chi connectivity index (χ2n) is 6.38. The van der Waals surface area contributed by atoms with Gasteiger partial charge in [-0.1, -0.05) is 72.3 Å². The molecule has 0 atom stereocenters. The number of rotatable bonds is 7. The topological polar surface area (TPSA) is 49.4 Å². The minimum Gasteiger partial charge on any atom is -0.352 e. The average Bonchev–Trinajstić information content (AvgIpc) is 2.73. The highest BCUT2D eigenvalue weighted by Crippen LogP contribution is 2.18. The van der Waals surface area contributed by atoms with Crippen LogP contribution in [0.4, 0.5) is 5.69 Å². The van der Waals surface area contributed by atoms with Crippen LogP contribution in [0.25, 0.3) is 0 Å². The maximum absolute atomic E-state index is 12.9. The number of hydrogen-bond acceptors (Lipinski definition) is 2. The average molecular weight is 393 g/mol. The van der Waals surface area contributed by atoms with Gasteiger partial charge in [-0.3, -0.25) is 9.59 Å². The summed E-state index contributed by atoms with van der Waals surface area (Å²) < 4.78 is 0. The lowest BCUT2D eigenvalue weighted by Gasteiger charge is -2.23. The first kappa shape index (κ1) is 19.6. The summed E-state index contributed by atoms with van der Waals surface area (Å²) in [6.07, 6.45) is -0.213. The smallest absolute Gasteiger partial charge is 0.236 e. The van der Waals surface area contributed by atoms with Crippen LogP contribution in [-0.2, 0) is 22.7 Å². The molecule has 0 saturated carbocycles. The molecule has 0 aromatic heterocycles. The molecular weight excluding hydrogens is 372 g/mol. The number of amides is 2. The summed E-state index contributed by atoms with van der Waals surface area (Å²) in [5.74, 6) is -0.558. The summed E-state index contributed by atoms with van der Waals surface area (Å²) in [7, 11) is 0. The van der Waals surface area contributed by atoms with Gasteiger partial charge >= 0.3 is 0 Å². The van der Waals surface area contributed by atoms with E-state index in [1.54, 1.807) is 17.0 Å². The van der Waals surface area contributed by atoms with Gasteiger partial charge < -0.3 is 10.2 Å². The van der Waals surface area contributed by atoms with Crippen LogP contribution < -0.4 is 10.2 Å². The first-order valence-corrected chi connectivity index (χ1v) is 9.40. The Morgan fingerprint density at radius 1 is 0.786 bits per heavy atom. The molecule has 0 spiro atoms. The van der Waals surface area contributed by atoms with E-state index in [2.05, 4.69) is 5.32 Å². The third-order valence-electron chi connectivity index (χ3n) is 4.27. The van der Waals surface area contributed by atoms with Crippen molar-refractivity contribution in [2.24, 2.45) is 0 Å². The van der Waals surface area contributed by atoms with Crippen LogP contribution in [0, 0.1) is 0 Å². The van der Waals surface area contributed by atoms with Gasteiger partial charge in [0.05, 0.1) is 6.54 Å². The quantitative estimate of drug-likeness (QED) is 0.598. The van der Waals surface area contributed by atoms with Gasteiger partial charge in [-0.2, -0.15) is 0 Å². The predicted molar refractivity (Wildman–Crippen MR) is 112 cm³/mol. The van der Waals surface area contributed by atoms with E-state index in [1.165, 1.54) is 0 Å². The molecule has 142 valence electrons. The molecule has 3 rings (SSSR count). The zero-order valence-corrected chi connectivity index (χ0v) is 16.1. The van der Waals surface area contributed by atoms with Crippen LogP contribution in [0.1, 0.15) is 17.5 Å². The summed E-state index contributed by atoms with van der Waals surface area (Å²) in [6.45, 7) is 0.765. The highest BCUT2D eigenvalue weighted by atomic mass is 35.5. The second kappa shape index (κ2) is 9.72. The van der Waals surface area contributed by atoms with Gasteiger partial charge in [-0.25, -0.2) is 0 Å². The van der Waals surface area contributed by atoms with Gasteiger partial charge in [0.15, 0.2) is 0 Å². The number of benzene rings is 3. The van der Waals surface area contributed by atoms with Gasteiger partial charge in [0, 0.05) is 17.3 Å². The molecule has 0 bridgehead atoms. The standard InChI is InChI=1S/C23H21ClN2O2/c24-20-13-11-18(12-14-20)16-25-22(27)15-23(28)26(21-9-5-2-6-10-21)17-19-7-3-1-4-8-19/h1-14H,15-17H2,(H,25,27). The monoisotopic (exact) mass is 392 g/mol. The normalized spacial score (nSPS) is 10.3. The number of anilines is 1. The molecule has 28 heavy (non-hydrogen) atoms. The second-order valence-corrected chi connectivity index (χ2v) is 6.82. The van der Waals surface area contributed by atoms with Crippen LogP contribution in [0.3, 0.4) is 0 Å². The Kier molecular flexibility index (Phi) is 6.82. The molecule has 2 amide bonds. The number of halogens is 1. The van der Waals surface area contributed by atoms with Crippen molar-refractivity contribution in [3.63, 3.8) is 0 Å². The summed E-state index contributed by atoms with van der Waals surface area (Å²) in [6, 6.07) is 26.3. The van der Waals surface area contributed by atoms with E-state index in [0.29, 0.717) is 18.1 Å². The van der Waals surface area contributed by atoms with Crippen molar-refractivity contribution < 1.29 is 9.59 Å². The van der Waals surface area contributed by atoms with E-state index >= 15 is 0 Å². The maximum atomic E-state index is 12.9. The van der Waals surface area contributed by atoms with Crippen LogP contribution in [0.5, 0.6) is 0 Å². The summed E-state index contributed by atoms with van der Waals surface area (Å²) in [5, 5.41) is 3.43. The lowest BCUT2D eigenvalue weighted by Crippen LogP contribution is -2.35. The van der Waals surface area contributed by atoms with E-state index < -0.39 is 0 Å². The molecule has 0 unspecified atom stereocenters. The van der Waals surface area contributed by atoms with Crippen molar-refractivity contribution in [3.8, 4) is 0 Å². The molecule has 0 heterocycles. The van der Waals surface area contributed by atoms with E-state index in [9.17, 15) is 9.59 Å². The minimum atomic E-state index is -0.311. The zero-order valence-electron chi connectivity index (χ0n) is 15.3. The Labute approximate surface area is 169 Å². The predicted octanol–water partition coefficient (Wildman–Crippen LogP) is 4.58. The van der Waals surface area contributed by atoms with Gasteiger partial charge in [0.25, 0.3) is 0 Å². The Hall–Kier alpha value is -3.11. The van der Waals surface area contributed by atoms with Gasteiger partial charge in [-0.05, 0) is 35.4 Å². The highest BCUT2D eigenvalue weighted by molar-refractivity contribution is 6.30. The fourth-order valence-corrected chi connectivity index (χ4v) is 2.92. The first-order chi connectivity index (χ1) is 13.6. The van der Waals surface area contributed by atoms with E-state index in [0.717, 1.165) is 16.8 Å². The van der Waals surface area contributed by atoms with Crippen molar-refractivity contribution in [1.29, 1.82) is 0 Å². The number of nitrogens with one attached hydrogen (secondary N) is 1. The molecule has 0 aliphatic rings. The Balaban J connectivity index is 1.65. The zero-order chi connectivity index (χ0) is 19.8. The Bertz CT molecular complexity index is 912. The molecule has 0 aliphatic carbocycles. The molecule has 3 aromatic carbocycles. The molecule has 0 fully saturated rings. The van der Waals surface area contributed by atoms with Crippen molar-refractivity contribution in [3.05, 3.63) is 101 Å². The van der Waals surface area contributed by atoms with E-state index in [4.69, 9.17) is 11.6 Å². The van der Waals surface area contributed by atoms with Crippen LogP contribution >= 0.6 is 11.6 Å². The van der Waals surface area contributed by atoms with E-state index in [1.807, 2.05) is 72.8 Å². The number of para-hydroxylation sites is 1. The Morgan fingerprint density at radius 2 is 1.39 bits per heavy atom. The first-order valence-electron chi connectivity index (χ1n) is 9.02. The molecule has 0 aliphatic heterocycles. The van der Waals surface area contributed by atoms with Crippen LogP contribution in [0.15, 0.2) is 84.9 Å². The van der Waals surface area contributed by atoms with Crippen molar-refractivity contribution in [2.75, 3.05) is 4.90 Å². The van der Waals surface area contributed by atoms with Crippen molar-refractivity contribution in [2.45, 2.75) is 19.5 Å². The molecular formula is C23H21ClN2O2. The van der Waals surface area contributed by atoms with Crippen LogP contribution in [0.2, 0.25) is 5.02 Å². The van der Waals surface area contributed by atoms with Crippen molar-refractivity contribution in [1.82, 2.24) is 5.32 Å². The summed E-state index contributed by atoms with van der Waals surface area (Å²) in [5.41, 5.74) is 2.69. The molecule has 0 radical (unpaired) electrons. The highest BCUT2D eigenvalue weighted by Gasteiger charge is 2.19. The summed E-state index contributed by atoms with van der Waals surface area (Å²) >= 11 is 5.87. The van der Waals surface area contributed by atoms with Crippen molar-refractivity contribution >= 4 is 29.1 Å². The largest absolute Gasteiger partial charge is 0.352 e. The molecule has 0 saturated heterocycles. The maximum Gasteiger partial charge on any atom is 0.236 e. The lowest BCUT2D eigenvalue weighted by atomic mass is 10.1. The molecule has 4 nitrogen and oxygen atoms in total. The SMILES string of the molecule is O=C(CC(=O)N(Cc1ccccc1)c1ccccc1)NCc1ccc(Cl)cc1. The number of nitrogens with zero attached hydrogens (tertiary/aromatic N) is 1. The van der Waals surface area contributed by atoms with Crippen LogP contribution in [-0.4, -0.2) is 11.8 Å². The molecule has 3 aromatic rings. The van der Waals surface area contributed by atoms with Gasteiger partial charge in [-0.15, -0.1) is 0 Å². The summed E-state index contributed by atoms with van der Waals surface area (Å²) in [4.78, 5) is 26.8. The number of hydrogen-bond donors (Lipinski definition) is 1. The Morgan fingerprint density at radius 3 is 2.04 bits per heavy atom. The van der Waals surface area contributed by atoms with E-state index in [-0.39, 0.29) is 18.2 Å². The fraction of sp³-hybridized carbons (Fsp3) is 0.130. The fourth-order valence-electron chi connectivity index (χ4n) is 2.80. The third kappa shape index (κ3) is 5.69. The minimum absolute atomic E-state index is 0.213. The molecule has 1 N–H and O–H groups in total. The lowest BCUT2D eigenvalue weighted by molar-refractivity contribution is -0.128. The molecule has 5 heteroatoms. The number of carbonyl (C=O) groups is 2. The number of carbonyl (C=O) groups excluding carboxylic acids is 2. The third-order valence-corrected chi connectivity index (χ3v) is 4.52. The van der Waals surface area contributed by atoms with Gasteiger partial charge in [0.1, 0.15) is 6.42 Å².